The molecular weight excluding hydrogens is 302 g/mol. The molecule has 1 aromatic carbocycles. The summed E-state index contributed by atoms with van der Waals surface area (Å²) in [6.07, 6.45) is 1.28. The first-order valence-electron chi connectivity index (χ1n) is 6.78. The maximum Gasteiger partial charge on any atom is 0.194 e. The number of fused-ring (bicyclic) bond motifs is 1. The molecule has 0 fully saturated rings. The molecule has 0 spiro atoms. The molecule has 2 aromatic heterocycles. The van der Waals surface area contributed by atoms with E-state index in [0.717, 1.165) is 28.3 Å². The number of imidazole rings is 1. The SMILES string of the molecule is CCc1c(C)sc2nc(-c3ccc(Cl)cc3)c(CC#N)n12. The van der Waals surface area contributed by atoms with Gasteiger partial charge in [-0.2, -0.15) is 5.26 Å². The van der Waals surface area contributed by atoms with Gasteiger partial charge in [-0.15, -0.1) is 11.3 Å². The maximum atomic E-state index is 9.17. The van der Waals surface area contributed by atoms with E-state index in [9.17, 15) is 5.26 Å². The summed E-state index contributed by atoms with van der Waals surface area (Å²) in [5.41, 5.74) is 4.10. The minimum absolute atomic E-state index is 0.350. The Kier molecular flexibility index (Phi) is 3.71. The number of nitriles is 1. The minimum atomic E-state index is 0.350. The molecule has 5 heteroatoms. The van der Waals surface area contributed by atoms with Crippen molar-refractivity contribution in [2.24, 2.45) is 0 Å². The van der Waals surface area contributed by atoms with E-state index >= 15 is 0 Å². The molecule has 3 rings (SSSR count). The fourth-order valence-corrected chi connectivity index (χ4v) is 3.82. The second-order valence-electron chi connectivity index (χ2n) is 4.83. The Labute approximate surface area is 132 Å². The number of thiazole rings is 1. The highest BCUT2D eigenvalue weighted by molar-refractivity contribution is 7.17. The Morgan fingerprint density at radius 2 is 2.00 bits per heavy atom. The van der Waals surface area contributed by atoms with Crippen molar-refractivity contribution in [2.75, 3.05) is 0 Å². The first-order valence-corrected chi connectivity index (χ1v) is 7.97. The van der Waals surface area contributed by atoms with Gasteiger partial charge in [-0.1, -0.05) is 30.7 Å². The minimum Gasteiger partial charge on any atom is -0.290 e. The molecule has 0 amide bonds. The molecular formula is C16H14ClN3S. The van der Waals surface area contributed by atoms with Crippen molar-refractivity contribution in [2.45, 2.75) is 26.7 Å². The molecule has 21 heavy (non-hydrogen) atoms. The van der Waals surface area contributed by atoms with Gasteiger partial charge in [0.2, 0.25) is 0 Å². The molecule has 0 N–H and O–H groups in total. The summed E-state index contributed by atoms with van der Waals surface area (Å²) in [6.45, 7) is 4.24. The Morgan fingerprint density at radius 3 is 2.62 bits per heavy atom. The van der Waals surface area contributed by atoms with Crippen LogP contribution in [0, 0.1) is 18.3 Å². The quantitative estimate of drug-likeness (QED) is 0.705. The number of rotatable bonds is 3. The molecule has 0 bridgehead atoms. The summed E-state index contributed by atoms with van der Waals surface area (Å²) in [5.74, 6) is 0. The summed E-state index contributed by atoms with van der Waals surface area (Å²) in [6, 6.07) is 9.87. The zero-order valence-corrected chi connectivity index (χ0v) is 13.4. The van der Waals surface area contributed by atoms with Gasteiger partial charge >= 0.3 is 0 Å². The molecule has 106 valence electrons. The molecule has 2 heterocycles. The van der Waals surface area contributed by atoms with Gasteiger partial charge in [-0.05, 0) is 25.5 Å². The predicted molar refractivity (Wildman–Crippen MR) is 86.9 cm³/mol. The van der Waals surface area contributed by atoms with Crippen LogP contribution in [0.2, 0.25) is 5.02 Å². The summed E-state index contributed by atoms with van der Waals surface area (Å²) >= 11 is 7.63. The largest absolute Gasteiger partial charge is 0.290 e. The highest BCUT2D eigenvalue weighted by Crippen LogP contribution is 2.32. The number of benzene rings is 1. The van der Waals surface area contributed by atoms with Gasteiger partial charge in [0.25, 0.3) is 0 Å². The van der Waals surface area contributed by atoms with E-state index in [4.69, 9.17) is 16.6 Å². The van der Waals surface area contributed by atoms with Gasteiger partial charge in [-0.25, -0.2) is 4.98 Å². The zero-order chi connectivity index (χ0) is 15.0. The lowest BCUT2D eigenvalue weighted by atomic mass is 10.1. The summed E-state index contributed by atoms with van der Waals surface area (Å²) in [5, 5.41) is 9.88. The number of hydrogen-bond acceptors (Lipinski definition) is 3. The van der Waals surface area contributed by atoms with E-state index in [2.05, 4.69) is 24.3 Å². The van der Waals surface area contributed by atoms with Crippen molar-refractivity contribution >= 4 is 27.9 Å². The summed E-state index contributed by atoms with van der Waals surface area (Å²) in [7, 11) is 0. The fraction of sp³-hybridized carbons (Fsp3) is 0.250. The third kappa shape index (κ3) is 2.33. The molecule has 0 atom stereocenters. The van der Waals surface area contributed by atoms with E-state index in [1.54, 1.807) is 11.3 Å². The Balaban J connectivity index is 2.28. The van der Waals surface area contributed by atoms with Gasteiger partial charge in [0.15, 0.2) is 4.96 Å². The van der Waals surface area contributed by atoms with Crippen LogP contribution in [0.1, 0.15) is 23.2 Å². The molecule has 3 aromatic rings. The zero-order valence-electron chi connectivity index (χ0n) is 11.9. The Hall–Kier alpha value is -1.83. The van der Waals surface area contributed by atoms with Crippen LogP contribution >= 0.6 is 22.9 Å². The third-order valence-corrected chi connectivity index (χ3v) is 4.81. The van der Waals surface area contributed by atoms with Crippen LogP contribution in [0.4, 0.5) is 0 Å². The smallest absolute Gasteiger partial charge is 0.194 e. The number of nitrogens with zero attached hydrogens (tertiary/aromatic N) is 3. The fourth-order valence-electron chi connectivity index (χ4n) is 2.62. The highest BCUT2D eigenvalue weighted by atomic mass is 35.5. The van der Waals surface area contributed by atoms with E-state index < -0.39 is 0 Å². The van der Waals surface area contributed by atoms with Crippen molar-refractivity contribution in [3.8, 4) is 17.3 Å². The van der Waals surface area contributed by atoms with Crippen LogP contribution in [-0.2, 0) is 12.8 Å². The average molecular weight is 316 g/mol. The first-order chi connectivity index (χ1) is 10.2. The summed E-state index contributed by atoms with van der Waals surface area (Å²) in [4.78, 5) is 6.97. The van der Waals surface area contributed by atoms with Crippen LogP contribution in [0.25, 0.3) is 16.2 Å². The van der Waals surface area contributed by atoms with Gasteiger partial charge in [-0.3, -0.25) is 4.40 Å². The van der Waals surface area contributed by atoms with Crippen molar-refractivity contribution < 1.29 is 0 Å². The van der Waals surface area contributed by atoms with Gasteiger partial charge in [0.05, 0.1) is 23.9 Å². The lowest BCUT2D eigenvalue weighted by molar-refractivity contribution is 0.942. The lowest BCUT2D eigenvalue weighted by Gasteiger charge is -2.04. The van der Waals surface area contributed by atoms with Crippen LogP contribution in [0.3, 0.4) is 0 Å². The number of hydrogen-bond donors (Lipinski definition) is 0. The van der Waals surface area contributed by atoms with Crippen LogP contribution in [-0.4, -0.2) is 9.38 Å². The van der Waals surface area contributed by atoms with E-state index in [1.165, 1.54) is 10.6 Å². The Morgan fingerprint density at radius 1 is 1.29 bits per heavy atom. The van der Waals surface area contributed by atoms with E-state index in [1.807, 2.05) is 24.3 Å². The van der Waals surface area contributed by atoms with Crippen molar-refractivity contribution in [3.63, 3.8) is 0 Å². The molecule has 3 nitrogen and oxygen atoms in total. The molecule has 0 aliphatic heterocycles. The van der Waals surface area contributed by atoms with Crippen molar-refractivity contribution in [1.29, 1.82) is 5.26 Å². The van der Waals surface area contributed by atoms with Gasteiger partial charge in [0, 0.05) is 21.2 Å². The molecule has 0 saturated carbocycles. The van der Waals surface area contributed by atoms with Crippen molar-refractivity contribution in [1.82, 2.24) is 9.38 Å². The monoisotopic (exact) mass is 315 g/mol. The normalized spacial score (nSPS) is 11.0. The molecule has 0 aliphatic rings. The summed E-state index contributed by atoms with van der Waals surface area (Å²) < 4.78 is 2.15. The molecule has 0 aliphatic carbocycles. The second-order valence-corrected chi connectivity index (χ2v) is 6.44. The highest BCUT2D eigenvalue weighted by Gasteiger charge is 2.19. The predicted octanol–water partition coefficient (Wildman–Crippen LogP) is 4.65. The second kappa shape index (κ2) is 5.51. The average Bonchev–Trinajstić information content (AvgIpc) is 2.96. The van der Waals surface area contributed by atoms with Crippen LogP contribution < -0.4 is 0 Å². The van der Waals surface area contributed by atoms with E-state index in [-0.39, 0.29) is 0 Å². The standard InChI is InChI=1S/C16H14ClN3S/c1-3-13-10(2)21-16-19-15(14(8-9-18)20(13)16)11-4-6-12(17)7-5-11/h4-7H,3,8H2,1-2H3. The lowest BCUT2D eigenvalue weighted by Crippen LogP contribution is -1.98. The van der Waals surface area contributed by atoms with Crippen molar-refractivity contribution in [3.05, 3.63) is 45.6 Å². The van der Waals surface area contributed by atoms with Crippen LogP contribution in [0.5, 0.6) is 0 Å². The van der Waals surface area contributed by atoms with Gasteiger partial charge in [0.1, 0.15) is 0 Å². The molecule has 0 unspecified atom stereocenters. The number of halogens is 1. The number of aromatic nitrogens is 2. The topological polar surface area (TPSA) is 41.1 Å². The maximum absolute atomic E-state index is 9.17. The number of aryl methyl sites for hydroxylation is 2. The molecule has 0 radical (unpaired) electrons. The van der Waals surface area contributed by atoms with Crippen LogP contribution in [0.15, 0.2) is 24.3 Å². The Bertz CT molecular complexity index is 837. The molecule has 0 saturated heterocycles. The third-order valence-electron chi connectivity index (χ3n) is 3.56. The van der Waals surface area contributed by atoms with E-state index in [0.29, 0.717) is 11.4 Å². The van der Waals surface area contributed by atoms with Gasteiger partial charge < -0.3 is 0 Å². The first kappa shape index (κ1) is 14.1.